The number of hydrogen-bond donors (Lipinski definition) is 0. The van der Waals surface area contributed by atoms with Gasteiger partial charge in [0.2, 0.25) is 0 Å². The van der Waals surface area contributed by atoms with E-state index in [0.29, 0.717) is 6.61 Å². The molecule has 0 amide bonds. The quantitative estimate of drug-likeness (QED) is 0.504. The summed E-state index contributed by atoms with van der Waals surface area (Å²) in [5, 5.41) is 0. The van der Waals surface area contributed by atoms with Gasteiger partial charge >= 0.3 is 0 Å². The Labute approximate surface area is 69.8 Å². The van der Waals surface area contributed by atoms with E-state index in [4.69, 9.17) is 14.2 Å². The first kappa shape index (κ1) is 10.4. The molecule has 1 unspecified atom stereocenters. The lowest BCUT2D eigenvalue weighted by Gasteiger charge is -2.18. The predicted molar refractivity (Wildman–Crippen MR) is 42.4 cm³/mol. The molecule has 0 aromatic rings. The molecule has 0 fully saturated rings. The molecule has 0 rings (SSSR count). The summed E-state index contributed by atoms with van der Waals surface area (Å²) in [5.74, 6) is 0. The molecule has 4 heteroatoms. The molecule has 0 N–H and O–H groups in total. The van der Waals surface area contributed by atoms with Crippen molar-refractivity contribution in [3.63, 3.8) is 0 Å². The van der Waals surface area contributed by atoms with Crippen molar-refractivity contribution >= 4 is 15.9 Å². The molecule has 0 bridgehead atoms. The van der Waals surface area contributed by atoms with Crippen LogP contribution in [-0.4, -0.2) is 39.1 Å². The van der Waals surface area contributed by atoms with Gasteiger partial charge in [0.25, 0.3) is 0 Å². The van der Waals surface area contributed by atoms with Crippen LogP contribution in [0.3, 0.4) is 0 Å². The van der Waals surface area contributed by atoms with Crippen molar-refractivity contribution in [3.8, 4) is 0 Å². The van der Waals surface area contributed by atoms with Crippen LogP contribution in [0.1, 0.15) is 0 Å². The normalized spacial score (nSPS) is 14.1. The van der Waals surface area contributed by atoms with Crippen LogP contribution >= 0.6 is 15.9 Å². The molecule has 0 heterocycles. The summed E-state index contributed by atoms with van der Waals surface area (Å²) in [6, 6.07) is 0. The van der Waals surface area contributed by atoms with Gasteiger partial charge in [0, 0.05) is 21.3 Å². The number of alkyl halides is 1. The van der Waals surface area contributed by atoms with Gasteiger partial charge in [-0.3, -0.25) is 0 Å². The summed E-state index contributed by atoms with van der Waals surface area (Å²) in [6.45, 7) is 0.576. The topological polar surface area (TPSA) is 27.7 Å². The van der Waals surface area contributed by atoms with Crippen LogP contribution in [0.5, 0.6) is 0 Å². The van der Waals surface area contributed by atoms with Gasteiger partial charge in [-0.15, -0.1) is 0 Å². The Kier molecular flexibility index (Phi) is 6.31. The van der Waals surface area contributed by atoms with Crippen LogP contribution in [0.2, 0.25) is 0 Å². The Morgan fingerprint density at radius 1 is 1.20 bits per heavy atom. The fourth-order valence-corrected chi connectivity index (χ4v) is 1.33. The summed E-state index contributed by atoms with van der Waals surface area (Å²) in [4.78, 5) is 0.0903. The van der Waals surface area contributed by atoms with Gasteiger partial charge < -0.3 is 14.2 Å². The van der Waals surface area contributed by atoms with E-state index in [1.807, 2.05) is 0 Å². The van der Waals surface area contributed by atoms with Gasteiger partial charge in [0.05, 0.1) is 11.4 Å². The van der Waals surface area contributed by atoms with Crippen LogP contribution in [0, 0.1) is 0 Å². The second kappa shape index (κ2) is 6.09. The molecule has 0 saturated carbocycles. The standard InChI is InChI=1S/C6H13BrO3/c1-8-4-5(7)6(9-2)10-3/h5-6H,4H2,1-3H3. The monoisotopic (exact) mass is 212 g/mol. The zero-order chi connectivity index (χ0) is 7.98. The summed E-state index contributed by atoms with van der Waals surface area (Å²) in [5.41, 5.74) is 0. The number of hydrogen-bond acceptors (Lipinski definition) is 3. The lowest BCUT2D eigenvalue weighted by atomic mass is 10.4. The Hall–Kier alpha value is 0.360. The van der Waals surface area contributed by atoms with E-state index in [0.717, 1.165) is 0 Å². The highest BCUT2D eigenvalue weighted by Crippen LogP contribution is 2.09. The highest BCUT2D eigenvalue weighted by Gasteiger charge is 2.16. The summed E-state index contributed by atoms with van der Waals surface area (Å²) in [7, 11) is 4.83. The number of rotatable bonds is 5. The smallest absolute Gasteiger partial charge is 0.171 e. The Morgan fingerprint density at radius 3 is 2.00 bits per heavy atom. The van der Waals surface area contributed by atoms with Crippen LogP contribution in [0.25, 0.3) is 0 Å². The molecule has 0 aliphatic carbocycles. The lowest BCUT2D eigenvalue weighted by Crippen LogP contribution is -2.28. The molecule has 0 radical (unpaired) electrons. The van der Waals surface area contributed by atoms with Crippen molar-refractivity contribution in [2.45, 2.75) is 11.1 Å². The maximum Gasteiger partial charge on any atom is 0.171 e. The summed E-state index contributed by atoms with van der Waals surface area (Å²) < 4.78 is 14.8. The third kappa shape index (κ3) is 3.51. The van der Waals surface area contributed by atoms with E-state index < -0.39 is 0 Å². The van der Waals surface area contributed by atoms with E-state index in [1.165, 1.54) is 0 Å². The van der Waals surface area contributed by atoms with Gasteiger partial charge in [-0.1, -0.05) is 15.9 Å². The van der Waals surface area contributed by atoms with Crippen LogP contribution in [-0.2, 0) is 14.2 Å². The van der Waals surface area contributed by atoms with Gasteiger partial charge in [0.1, 0.15) is 0 Å². The molecule has 1 atom stereocenters. The molecule has 0 saturated heterocycles. The van der Waals surface area contributed by atoms with E-state index in [9.17, 15) is 0 Å². The fourth-order valence-electron chi connectivity index (χ4n) is 0.629. The highest BCUT2D eigenvalue weighted by atomic mass is 79.9. The minimum Gasteiger partial charge on any atom is -0.383 e. The van der Waals surface area contributed by atoms with Gasteiger partial charge in [-0.25, -0.2) is 0 Å². The van der Waals surface area contributed by atoms with Crippen molar-refractivity contribution in [1.29, 1.82) is 0 Å². The van der Waals surface area contributed by atoms with Crippen LogP contribution in [0.4, 0.5) is 0 Å². The largest absolute Gasteiger partial charge is 0.383 e. The van der Waals surface area contributed by atoms with Crippen LogP contribution < -0.4 is 0 Å². The van der Waals surface area contributed by atoms with Gasteiger partial charge in [0.15, 0.2) is 6.29 Å². The maximum atomic E-state index is 4.96. The van der Waals surface area contributed by atoms with Crippen molar-refractivity contribution in [2.24, 2.45) is 0 Å². The minimum atomic E-state index is -0.236. The van der Waals surface area contributed by atoms with Gasteiger partial charge in [-0.2, -0.15) is 0 Å². The van der Waals surface area contributed by atoms with Gasteiger partial charge in [-0.05, 0) is 0 Å². The molecule has 62 valence electrons. The SMILES string of the molecule is COCC(Br)C(OC)OC. The Bertz CT molecular complexity index is 75.4. The third-order valence-electron chi connectivity index (χ3n) is 1.09. The molecule has 0 aromatic heterocycles. The van der Waals surface area contributed by atoms with Crippen LogP contribution in [0.15, 0.2) is 0 Å². The second-order valence-corrected chi connectivity index (χ2v) is 2.99. The van der Waals surface area contributed by atoms with Crippen molar-refractivity contribution in [2.75, 3.05) is 27.9 Å². The third-order valence-corrected chi connectivity index (χ3v) is 1.78. The maximum absolute atomic E-state index is 4.96. The Balaban J connectivity index is 3.53. The first-order chi connectivity index (χ1) is 4.76. The first-order valence-electron chi connectivity index (χ1n) is 2.94. The number of ether oxygens (including phenoxy) is 3. The first-order valence-corrected chi connectivity index (χ1v) is 3.86. The number of methoxy groups -OCH3 is 3. The summed E-state index contributed by atoms with van der Waals surface area (Å²) >= 11 is 3.35. The molecule has 0 aliphatic rings. The molecule has 10 heavy (non-hydrogen) atoms. The molecule has 0 aliphatic heterocycles. The van der Waals surface area contributed by atoms with E-state index in [1.54, 1.807) is 21.3 Å². The lowest BCUT2D eigenvalue weighted by molar-refractivity contribution is -0.107. The zero-order valence-electron chi connectivity index (χ0n) is 6.46. The summed E-state index contributed by atoms with van der Waals surface area (Å²) in [6.07, 6.45) is -0.236. The molecule has 0 aromatic carbocycles. The van der Waals surface area contributed by atoms with Crippen molar-refractivity contribution < 1.29 is 14.2 Å². The molecular weight excluding hydrogens is 200 g/mol. The second-order valence-electron chi connectivity index (χ2n) is 1.81. The van der Waals surface area contributed by atoms with E-state index in [2.05, 4.69) is 15.9 Å². The number of halogens is 1. The minimum absolute atomic E-state index is 0.0903. The molecule has 0 spiro atoms. The van der Waals surface area contributed by atoms with Crippen molar-refractivity contribution in [3.05, 3.63) is 0 Å². The highest BCUT2D eigenvalue weighted by molar-refractivity contribution is 9.09. The fraction of sp³-hybridized carbons (Fsp3) is 1.00. The van der Waals surface area contributed by atoms with E-state index in [-0.39, 0.29) is 11.1 Å². The van der Waals surface area contributed by atoms with E-state index >= 15 is 0 Å². The molecule has 3 nitrogen and oxygen atoms in total. The average Bonchev–Trinajstić information content (AvgIpc) is 1.91. The predicted octanol–water partition coefficient (Wildman–Crippen LogP) is 1.02. The zero-order valence-corrected chi connectivity index (χ0v) is 8.05. The average molecular weight is 213 g/mol. The Morgan fingerprint density at radius 2 is 1.70 bits per heavy atom. The molecular formula is C6H13BrO3. The van der Waals surface area contributed by atoms with Crippen molar-refractivity contribution in [1.82, 2.24) is 0 Å².